The van der Waals surface area contributed by atoms with E-state index >= 15 is 0 Å². The van der Waals surface area contributed by atoms with Gasteiger partial charge in [-0.2, -0.15) is 4.31 Å². The van der Waals surface area contributed by atoms with Crippen molar-refractivity contribution < 1.29 is 8.42 Å². The van der Waals surface area contributed by atoms with Gasteiger partial charge >= 0.3 is 0 Å². The van der Waals surface area contributed by atoms with E-state index in [0.29, 0.717) is 35.3 Å². The molecule has 0 radical (unpaired) electrons. The number of hydrogen-bond donors (Lipinski definition) is 0. The van der Waals surface area contributed by atoms with Crippen molar-refractivity contribution in [2.45, 2.75) is 31.7 Å². The number of sulfonamides is 1. The molecule has 0 spiro atoms. The highest BCUT2D eigenvalue weighted by molar-refractivity contribution is 7.89. The highest BCUT2D eigenvalue weighted by Gasteiger charge is 2.34. The Balaban J connectivity index is 2.17. The van der Waals surface area contributed by atoms with Gasteiger partial charge in [-0.15, -0.1) is 11.6 Å². The van der Waals surface area contributed by atoms with Crippen molar-refractivity contribution in [3.05, 3.63) is 33.8 Å². The highest BCUT2D eigenvalue weighted by atomic mass is 35.5. The summed E-state index contributed by atoms with van der Waals surface area (Å²) in [6.07, 6.45) is 2.98. The largest absolute Gasteiger partial charge is 0.214 e. The summed E-state index contributed by atoms with van der Waals surface area (Å²) in [4.78, 5) is 0. The minimum atomic E-state index is -3.25. The summed E-state index contributed by atoms with van der Waals surface area (Å²) in [7, 11) is -3.25. The fourth-order valence-electron chi connectivity index (χ4n) is 2.62. The third kappa shape index (κ3) is 4.26. The fraction of sp³-hybridized carbons (Fsp3) is 0.571. The normalized spacial score (nSPS) is 20.0. The van der Waals surface area contributed by atoms with Gasteiger partial charge in [0, 0.05) is 18.5 Å². The lowest BCUT2D eigenvalue weighted by atomic mass is 10.1. The molecular weight excluding hydrogens is 353 g/mol. The van der Waals surface area contributed by atoms with E-state index in [-0.39, 0.29) is 11.8 Å². The van der Waals surface area contributed by atoms with E-state index in [4.69, 9.17) is 34.8 Å². The number of alkyl halides is 1. The summed E-state index contributed by atoms with van der Waals surface area (Å²) < 4.78 is 26.5. The SMILES string of the molecule is O=S(=O)(CCCCCl)N1CCCC1c1ccc(Cl)c(Cl)c1. The van der Waals surface area contributed by atoms with Crippen LogP contribution >= 0.6 is 34.8 Å². The molecule has 21 heavy (non-hydrogen) atoms. The van der Waals surface area contributed by atoms with Gasteiger partial charge in [0.15, 0.2) is 0 Å². The molecule has 7 heteroatoms. The van der Waals surface area contributed by atoms with E-state index in [1.165, 1.54) is 0 Å². The molecule has 0 aliphatic carbocycles. The summed E-state index contributed by atoms with van der Waals surface area (Å²) in [5.74, 6) is 0.642. The van der Waals surface area contributed by atoms with Crippen molar-refractivity contribution in [2.24, 2.45) is 0 Å². The van der Waals surface area contributed by atoms with Crippen LogP contribution in [0.5, 0.6) is 0 Å². The summed E-state index contributed by atoms with van der Waals surface area (Å²) in [6.45, 7) is 0.564. The smallest absolute Gasteiger partial charge is 0.212 e. The first kappa shape index (κ1) is 17.4. The zero-order chi connectivity index (χ0) is 15.5. The Hall–Kier alpha value is -0.000000000000000111. The Morgan fingerprint density at radius 2 is 1.95 bits per heavy atom. The van der Waals surface area contributed by atoms with Gasteiger partial charge < -0.3 is 0 Å². The number of unbranched alkanes of at least 4 members (excludes halogenated alkanes) is 1. The Morgan fingerprint density at radius 1 is 1.19 bits per heavy atom. The molecule has 0 bridgehead atoms. The molecule has 2 rings (SSSR count). The van der Waals surface area contributed by atoms with E-state index in [9.17, 15) is 8.42 Å². The van der Waals surface area contributed by atoms with Crippen LogP contribution in [0, 0.1) is 0 Å². The van der Waals surface area contributed by atoms with E-state index in [2.05, 4.69) is 0 Å². The van der Waals surface area contributed by atoms with E-state index in [0.717, 1.165) is 18.4 Å². The maximum absolute atomic E-state index is 12.5. The molecule has 0 amide bonds. The number of nitrogens with zero attached hydrogens (tertiary/aromatic N) is 1. The van der Waals surface area contributed by atoms with Crippen molar-refractivity contribution in [1.29, 1.82) is 0 Å². The second-order valence-electron chi connectivity index (χ2n) is 5.15. The summed E-state index contributed by atoms with van der Waals surface area (Å²) in [6, 6.07) is 5.20. The van der Waals surface area contributed by atoms with Crippen molar-refractivity contribution >= 4 is 44.8 Å². The van der Waals surface area contributed by atoms with Gasteiger partial charge in [-0.3, -0.25) is 0 Å². The average Bonchev–Trinajstić information content (AvgIpc) is 2.92. The lowest BCUT2D eigenvalue weighted by Crippen LogP contribution is -2.32. The molecule has 1 unspecified atom stereocenters. The molecule has 1 aromatic rings. The quantitative estimate of drug-likeness (QED) is 0.547. The maximum Gasteiger partial charge on any atom is 0.214 e. The second kappa shape index (κ2) is 7.51. The molecule has 1 atom stereocenters. The first-order valence-electron chi connectivity index (χ1n) is 6.96. The molecule has 1 saturated heterocycles. The van der Waals surface area contributed by atoms with Gasteiger partial charge in [0.05, 0.1) is 15.8 Å². The van der Waals surface area contributed by atoms with Crippen LogP contribution in [0.1, 0.15) is 37.3 Å². The highest BCUT2D eigenvalue weighted by Crippen LogP contribution is 2.36. The van der Waals surface area contributed by atoms with E-state index < -0.39 is 10.0 Å². The Labute approximate surface area is 141 Å². The number of rotatable bonds is 6. The number of hydrogen-bond acceptors (Lipinski definition) is 2. The molecule has 1 aromatic carbocycles. The topological polar surface area (TPSA) is 37.4 Å². The summed E-state index contributed by atoms with van der Waals surface area (Å²) >= 11 is 17.6. The average molecular weight is 371 g/mol. The number of halogens is 3. The van der Waals surface area contributed by atoms with Gasteiger partial charge in [0.2, 0.25) is 10.0 Å². The van der Waals surface area contributed by atoms with Gasteiger partial charge in [-0.25, -0.2) is 8.42 Å². The molecule has 1 heterocycles. The summed E-state index contributed by atoms with van der Waals surface area (Å²) in [5.41, 5.74) is 0.905. The van der Waals surface area contributed by atoms with E-state index in [1.807, 2.05) is 6.07 Å². The predicted octanol–water partition coefficient (Wildman–Crippen LogP) is 4.48. The van der Waals surface area contributed by atoms with Crippen LogP contribution in [0.3, 0.4) is 0 Å². The zero-order valence-electron chi connectivity index (χ0n) is 11.6. The van der Waals surface area contributed by atoms with Crippen LogP contribution in [-0.4, -0.2) is 30.9 Å². The van der Waals surface area contributed by atoms with Crippen LogP contribution in [-0.2, 0) is 10.0 Å². The number of benzene rings is 1. The predicted molar refractivity (Wildman–Crippen MR) is 88.9 cm³/mol. The van der Waals surface area contributed by atoms with Crippen molar-refractivity contribution in [2.75, 3.05) is 18.2 Å². The zero-order valence-corrected chi connectivity index (χ0v) is 14.6. The maximum atomic E-state index is 12.5. The minimum Gasteiger partial charge on any atom is -0.212 e. The van der Waals surface area contributed by atoms with Crippen LogP contribution < -0.4 is 0 Å². The van der Waals surface area contributed by atoms with Crippen LogP contribution in [0.15, 0.2) is 18.2 Å². The Morgan fingerprint density at radius 3 is 2.62 bits per heavy atom. The molecule has 0 saturated carbocycles. The first-order valence-corrected chi connectivity index (χ1v) is 9.86. The van der Waals surface area contributed by atoms with Crippen LogP contribution in [0.4, 0.5) is 0 Å². The lowest BCUT2D eigenvalue weighted by molar-refractivity contribution is 0.396. The molecule has 1 fully saturated rings. The monoisotopic (exact) mass is 369 g/mol. The standard InChI is InChI=1S/C14H18Cl3NO2S/c15-7-1-2-9-21(19,20)18-8-3-4-14(18)11-5-6-12(16)13(17)10-11/h5-6,10,14H,1-4,7-9H2. The van der Waals surface area contributed by atoms with Crippen LogP contribution in [0.25, 0.3) is 0 Å². The second-order valence-corrected chi connectivity index (χ2v) is 8.39. The van der Waals surface area contributed by atoms with E-state index in [1.54, 1.807) is 16.4 Å². The van der Waals surface area contributed by atoms with Crippen molar-refractivity contribution in [1.82, 2.24) is 4.31 Å². The Bertz CT molecular complexity index is 592. The van der Waals surface area contributed by atoms with Crippen molar-refractivity contribution in [3.8, 4) is 0 Å². The molecule has 3 nitrogen and oxygen atoms in total. The first-order chi connectivity index (χ1) is 9.95. The molecular formula is C14H18Cl3NO2S. The lowest BCUT2D eigenvalue weighted by Gasteiger charge is -2.24. The summed E-state index contributed by atoms with van der Waals surface area (Å²) in [5, 5.41) is 0.940. The van der Waals surface area contributed by atoms with Gasteiger partial charge in [-0.1, -0.05) is 29.3 Å². The third-order valence-corrected chi connectivity index (χ3v) is 6.64. The third-order valence-electron chi connectivity index (χ3n) is 3.68. The fourth-order valence-corrected chi connectivity index (χ4v) is 4.94. The molecule has 0 N–H and O–H groups in total. The molecule has 0 aromatic heterocycles. The van der Waals surface area contributed by atoms with Gasteiger partial charge in [0.1, 0.15) is 0 Å². The van der Waals surface area contributed by atoms with Crippen LogP contribution in [0.2, 0.25) is 10.0 Å². The molecule has 1 aliphatic heterocycles. The molecule has 1 aliphatic rings. The molecule has 118 valence electrons. The Kier molecular flexibility index (Phi) is 6.21. The van der Waals surface area contributed by atoms with Crippen molar-refractivity contribution in [3.63, 3.8) is 0 Å². The van der Waals surface area contributed by atoms with Gasteiger partial charge in [0.25, 0.3) is 0 Å². The van der Waals surface area contributed by atoms with Gasteiger partial charge in [-0.05, 0) is 43.4 Å². The minimum absolute atomic E-state index is 0.138.